The van der Waals surface area contributed by atoms with Gasteiger partial charge in [-0.2, -0.15) is 8.42 Å². The number of carbonyl (C=O) groups excluding carboxylic acids is 1. The standard InChI is InChI=1S/C26H36N2O7S/c1-7-8-18(2)19(3)17-27-13-14-28(26(27)29)20-9-11-22(12-10-20)36(30,31)35-21-15-23(32-4)25(34-6)24(16-21)33-5/h9-12,15-16,18-19H,7-8,13-14,17H2,1-6H3. The smallest absolute Gasteiger partial charge is 0.339 e. The van der Waals surface area contributed by atoms with Crippen molar-refractivity contribution in [2.24, 2.45) is 11.8 Å². The van der Waals surface area contributed by atoms with Gasteiger partial charge in [-0.25, -0.2) is 4.79 Å². The molecule has 3 rings (SSSR count). The first kappa shape index (κ1) is 27.4. The van der Waals surface area contributed by atoms with Gasteiger partial charge in [0.05, 0.1) is 21.3 Å². The molecule has 0 aliphatic carbocycles. The van der Waals surface area contributed by atoms with Crippen LogP contribution in [-0.4, -0.2) is 60.3 Å². The molecular weight excluding hydrogens is 484 g/mol. The Kier molecular flexibility index (Phi) is 8.94. The van der Waals surface area contributed by atoms with E-state index in [2.05, 4.69) is 20.8 Å². The van der Waals surface area contributed by atoms with Gasteiger partial charge in [0, 0.05) is 37.5 Å². The lowest BCUT2D eigenvalue weighted by molar-refractivity contribution is 0.202. The predicted octanol–water partition coefficient (Wildman–Crippen LogP) is 4.79. The zero-order valence-electron chi connectivity index (χ0n) is 21.8. The van der Waals surface area contributed by atoms with Crippen molar-refractivity contribution in [3.63, 3.8) is 0 Å². The van der Waals surface area contributed by atoms with Crippen molar-refractivity contribution in [2.45, 2.75) is 38.5 Å². The summed E-state index contributed by atoms with van der Waals surface area (Å²) in [5, 5.41) is 0. The summed E-state index contributed by atoms with van der Waals surface area (Å²) < 4.78 is 46.9. The molecule has 2 amide bonds. The molecule has 0 spiro atoms. The third-order valence-electron chi connectivity index (χ3n) is 6.60. The van der Waals surface area contributed by atoms with Gasteiger partial charge in [-0.3, -0.25) is 4.90 Å². The Hall–Kier alpha value is -3.14. The van der Waals surface area contributed by atoms with E-state index in [0.29, 0.717) is 42.9 Å². The molecule has 198 valence electrons. The number of methoxy groups -OCH3 is 3. The van der Waals surface area contributed by atoms with E-state index in [1.54, 1.807) is 17.0 Å². The van der Waals surface area contributed by atoms with Gasteiger partial charge >= 0.3 is 16.1 Å². The lowest BCUT2D eigenvalue weighted by Gasteiger charge is -2.25. The van der Waals surface area contributed by atoms with Crippen molar-refractivity contribution in [2.75, 3.05) is 45.9 Å². The van der Waals surface area contributed by atoms with Gasteiger partial charge in [0.1, 0.15) is 4.90 Å². The number of anilines is 1. The summed E-state index contributed by atoms with van der Waals surface area (Å²) in [5.41, 5.74) is 0.642. The minimum atomic E-state index is -4.14. The summed E-state index contributed by atoms with van der Waals surface area (Å²) in [5.74, 6) is 1.85. The molecule has 1 aliphatic rings. The molecule has 0 radical (unpaired) electrons. The molecule has 2 atom stereocenters. The fourth-order valence-electron chi connectivity index (χ4n) is 4.33. The molecule has 0 aromatic heterocycles. The molecule has 2 aromatic carbocycles. The van der Waals surface area contributed by atoms with E-state index in [-0.39, 0.29) is 28.2 Å². The Morgan fingerprint density at radius 1 is 0.917 bits per heavy atom. The summed E-state index contributed by atoms with van der Waals surface area (Å²) >= 11 is 0. The topological polar surface area (TPSA) is 94.6 Å². The Morgan fingerprint density at radius 3 is 2.06 bits per heavy atom. The number of ether oxygens (including phenoxy) is 3. The molecule has 10 heteroatoms. The molecule has 2 unspecified atom stereocenters. The number of hydrogen-bond acceptors (Lipinski definition) is 7. The largest absolute Gasteiger partial charge is 0.493 e. The number of urea groups is 1. The molecule has 1 saturated heterocycles. The van der Waals surface area contributed by atoms with Gasteiger partial charge in [-0.15, -0.1) is 0 Å². The van der Waals surface area contributed by atoms with E-state index in [0.717, 1.165) is 12.8 Å². The van der Waals surface area contributed by atoms with Crippen LogP contribution in [-0.2, 0) is 10.1 Å². The molecule has 1 aliphatic heterocycles. The van der Waals surface area contributed by atoms with Crippen LogP contribution in [0.4, 0.5) is 10.5 Å². The minimum absolute atomic E-state index is 0.0189. The van der Waals surface area contributed by atoms with Gasteiger partial charge in [-0.05, 0) is 36.1 Å². The highest BCUT2D eigenvalue weighted by Gasteiger charge is 2.31. The second-order valence-corrected chi connectivity index (χ2v) is 10.6. The third kappa shape index (κ3) is 5.98. The van der Waals surface area contributed by atoms with Crippen LogP contribution in [0.2, 0.25) is 0 Å². The first-order valence-corrected chi connectivity index (χ1v) is 13.5. The first-order chi connectivity index (χ1) is 17.1. The van der Waals surface area contributed by atoms with Crippen molar-refractivity contribution < 1.29 is 31.6 Å². The van der Waals surface area contributed by atoms with Gasteiger partial charge < -0.3 is 23.3 Å². The fourth-order valence-corrected chi connectivity index (χ4v) is 5.25. The van der Waals surface area contributed by atoms with Crippen LogP contribution < -0.4 is 23.3 Å². The monoisotopic (exact) mass is 520 g/mol. The predicted molar refractivity (Wildman–Crippen MR) is 138 cm³/mol. The van der Waals surface area contributed by atoms with Crippen LogP contribution in [0.3, 0.4) is 0 Å². The summed E-state index contributed by atoms with van der Waals surface area (Å²) in [4.78, 5) is 16.5. The SMILES string of the molecule is CCCC(C)C(C)CN1CCN(c2ccc(S(=O)(=O)Oc3cc(OC)c(OC)c(OC)c3)cc2)C1=O. The van der Waals surface area contributed by atoms with E-state index in [1.165, 1.54) is 45.6 Å². The molecule has 1 fully saturated rings. The van der Waals surface area contributed by atoms with Gasteiger partial charge in [0.2, 0.25) is 5.75 Å². The maximum Gasteiger partial charge on any atom is 0.339 e. The second-order valence-electron chi connectivity index (χ2n) is 9.02. The quantitative estimate of drug-likeness (QED) is 0.371. The average Bonchev–Trinajstić information content (AvgIpc) is 3.22. The number of rotatable bonds is 12. The summed E-state index contributed by atoms with van der Waals surface area (Å²) in [6.07, 6.45) is 2.27. The van der Waals surface area contributed by atoms with Crippen molar-refractivity contribution in [3.8, 4) is 23.0 Å². The molecular formula is C26H36N2O7S. The zero-order chi connectivity index (χ0) is 26.5. The molecule has 36 heavy (non-hydrogen) atoms. The number of amides is 2. The minimum Gasteiger partial charge on any atom is -0.493 e. The zero-order valence-corrected chi connectivity index (χ0v) is 22.6. The molecule has 0 saturated carbocycles. The first-order valence-electron chi connectivity index (χ1n) is 12.1. The summed E-state index contributed by atoms with van der Waals surface area (Å²) in [6.45, 7) is 8.50. The lowest BCUT2D eigenvalue weighted by Crippen LogP contribution is -2.35. The summed E-state index contributed by atoms with van der Waals surface area (Å²) in [6, 6.07) is 8.87. The maximum atomic E-state index is 13.0. The van der Waals surface area contributed by atoms with E-state index in [1.807, 2.05) is 4.90 Å². The number of nitrogens with zero attached hydrogens (tertiary/aromatic N) is 2. The van der Waals surface area contributed by atoms with Crippen molar-refractivity contribution >= 4 is 21.8 Å². The van der Waals surface area contributed by atoms with Crippen LogP contribution >= 0.6 is 0 Å². The van der Waals surface area contributed by atoms with Gasteiger partial charge in [0.25, 0.3) is 0 Å². The van der Waals surface area contributed by atoms with Crippen LogP contribution in [0, 0.1) is 11.8 Å². The van der Waals surface area contributed by atoms with Crippen molar-refractivity contribution in [1.82, 2.24) is 4.90 Å². The molecule has 1 heterocycles. The van der Waals surface area contributed by atoms with Crippen molar-refractivity contribution in [3.05, 3.63) is 36.4 Å². The van der Waals surface area contributed by atoms with E-state index in [9.17, 15) is 13.2 Å². The molecule has 2 aromatic rings. The van der Waals surface area contributed by atoms with Crippen LogP contribution in [0.25, 0.3) is 0 Å². The second kappa shape index (κ2) is 11.7. The summed E-state index contributed by atoms with van der Waals surface area (Å²) in [7, 11) is 0.175. The van der Waals surface area contributed by atoms with Gasteiger partial charge in [0.15, 0.2) is 17.2 Å². The number of hydrogen-bond donors (Lipinski definition) is 0. The number of carbonyl (C=O) groups is 1. The van der Waals surface area contributed by atoms with Crippen LogP contribution in [0.1, 0.15) is 33.6 Å². The maximum absolute atomic E-state index is 13.0. The Labute approximate surface area is 214 Å². The highest BCUT2D eigenvalue weighted by Crippen LogP contribution is 2.41. The van der Waals surface area contributed by atoms with Crippen molar-refractivity contribution in [1.29, 1.82) is 0 Å². The molecule has 0 N–H and O–H groups in total. The average molecular weight is 521 g/mol. The van der Waals surface area contributed by atoms with E-state index >= 15 is 0 Å². The van der Waals surface area contributed by atoms with E-state index < -0.39 is 10.1 Å². The fraction of sp³-hybridized carbons (Fsp3) is 0.500. The Bertz CT molecular complexity index is 1130. The Morgan fingerprint density at radius 2 is 1.53 bits per heavy atom. The van der Waals surface area contributed by atoms with Crippen LogP contribution in [0.15, 0.2) is 41.3 Å². The normalized spacial score (nSPS) is 15.6. The highest BCUT2D eigenvalue weighted by atomic mass is 32.2. The lowest BCUT2D eigenvalue weighted by atomic mass is 9.91. The molecule has 9 nitrogen and oxygen atoms in total. The third-order valence-corrected chi connectivity index (χ3v) is 7.86. The van der Waals surface area contributed by atoms with Gasteiger partial charge in [-0.1, -0.05) is 33.6 Å². The highest BCUT2D eigenvalue weighted by molar-refractivity contribution is 7.87. The number of benzene rings is 2. The molecule has 0 bridgehead atoms. The Balaban J connectivity index is 1.72. The van der Waals surface area contributed by atoms with Crippen LogP contribution in [0.5, 0.6) is 23.0 Å². The van der Waals surface area contributed by atoms with E-state index in [4.69, 9.17) is 18.4 Å².